The molecule has 0 bridgehead atoms. The quantitative estimate of drug-likeness (QED) is 0.780. The summed E-state index contributed by atoms with van der Waals surface area (Å²) >= 11 is 0. The van der Waals surface area contributed by atoms with Gasteiger partial charge in [-0.2, -0.15) is 0 Å². The van der Waals surface area contributed by atoms with Crippen LogP contribution in [0.2, 0.25) is 0 Å². The Morgan fingerprint density at radius 2 is 1.81 bits per heavy atom. The van der Waals surface area contributed by atoms with Crippen molar-refractivity contribution in [3.05, 3.63) is 64.7 Å². The van der Waals surface area contributed by atoms with Gasteiger partial charge in [-0.05, 0) is 73.4 Å². The second-order valence-corrected chi connectivity index (χ2v) is 7.12. The number of carbonyl (C=O) groups is 1. The predicted molar refractivity (Wildman–Crippen MR) is 106 cm³/mol. The first-order chi connectivity index (χ1) is 12.6. The van der Waals surface area contributed by atoms with Crippen LogP contribution >= 0.6 is 0 Å². The Morgan fingerprint density at radius 1 is 1.08 bits per heavy atom. The second-order valence-electron chi connectivity index (χ2n) is 7.12. The fourth-order valence-electron chi connectivity index (χ4n) is 3.54. The molecule has 1 aliphatic rings. The molecule has 3 heteroatoms. The van der Waals surface area contributed by atoms with E-state index in [2.05, 4.69) is 30.4 Å². The lowest BCUT2D eigenvalue weighted by Crippen LogP contribution is -2.39. The first-order valence-electron chi connectivity index (χ1n) is 9.78. The number of rotatable bonds is 7. The van der Waals surface area contributed by atoms with Gasteiger partial charge in [0.1, 0.15) is 5.75 Å². The summed E-state index contributed by atoms with van der Waals surface area (Å²) in [5.74, 6) is 0.689. The fourth-order valence-corrected chi connectivity index (χ4v) is 3.54. The maximum atomic E-state index is 12.7. The Balaban J connectivity index is 1.62. The molecule has 0 unspecified atom stereocenters. The minimum absolute atomic E-state index is 0.0199. The van der Waals surface area contributed by atoms with Gasteiger partial charge in [-0.25, -0.2) is 0 Å². The third-order valence-corrected chi connectivity index (χ3v) is 5.25. The lowest BCUT2D eigenvalue weighted by molar-refractivity contribution is -0.128. The molecule has 2 atom stereocenters. The van der Waals surface area contributed by atoms with Gasteiger partial charge in [-0.1, -0.05) is 44.2 Å². The van der Waals surface area contributed by atoms with E-state index in [0.717, 1.165) is 18.6 Å². The molecule has 3 rings (SSSR count). The van der Waals surface area contributed by atoms with E-state index in [9.17, 15) is 4.79 Å². The third kappa shape index (κ3) is 4.27. The van der Waals surface area contributed by atoms with E-state index in [4.69, 9.17) is 4.74 Å². The van der Waals surface area contributed by atoms with E-state index in [1.54, 1.807) is 0 Å². The van der Waals surface area contributed by atoms with Crippen molar-refractivity contribution in [3.8, 4) is 5.75 Å². The fraction of sp³-hybridized carbons (Fsp3) is 0.435. The van der Waals surface area contributed by atoms with Gasteiger partial charge >= 0.3 is 0 Å². The van der Waals surface area contributed by atoms with Crippen LogP contribution < -0.4 is 10.1 Å². The molecule has 0 aliphatic heterocycles. The van der Waals surface area contributed by atoms with Crippen molar-refractivity contribution in [3.63, 3.8) is 0 Å². The Kier molecular flexibility index (Phi) is 5.97. The number of hydrogen-bond donors (Lipinski definition) is 1. The molecule has 1 N–H and O–H groups in total. The topological polar surface area (TPSA) is 38.3 Å². The molecular formula is C23H29NO2. The first-order valence-corrected chi connectivity index (χ1v) is 9.78. The van der Waals surface area contributed by atoms with Crippen LogP contribution in [0.3, 0.4) is 0 Å². The summed E-state index contributed by atoms with van der Waals surface area (Å²) in [6, 6.07) is 14.6. The summed E-state index contributed by atoms with van der Waals surface area (Å²) in [4.78, 5) is 12.7. The molecule has 0 saturated carbocycles. The maximum absolute atomic E-state index is 12.7. The van der Waals surface area contributed by atoms with Gasteiger partial charge in [0.25, 0.3) is 5.91 Å². The van der Waals surface area contributed by atoms with Crippen molar-refractivity contribution in [2.45, 2.75) is 65.0 Å². The molecule has 3 nitrogen and oxygen atoms in total. The molecule has 0 spiro atoms. The molecule has 2 aromatic rings. The van der Waals surface area contributed by atoms with Crippen LogP contribution in [0.4, 0.5) is 0 Å². The number of fused-ring (bicyclic) bond motifs is 1. The van der Waals surface area contributed by atoms with Crippen LogP contribution in [0, 0.1) is 0 Å². The molecule has 0 radical (unpaired) electrons. The zero-order valence-corrected chi connectivity index (χ0v) is 16.0. The molecule has 0 saturated heterocycles. The lowest BCUT2D eigenvalue weighted by atomic mass is 10.0. The number of carbonyl (C=O) groups excluding carboxylic acids is 1. The lowest BCUT2D eigenvalue weighted by Gasteiger charge is -2.21. The van der Waals surface area contributed by atoms with E-state index < -0.39 is 6.10 Å². The number of aryl methyl sites for hydroxylation is 3. The van der Waals surface area contributed by atoms with E-state index in [1.165, 1.54) is 35.1 Å². The SMILES string of the molecule is CCc1ccc(O[C@H](CC)C(=O)N[C@@H](C)c2ccc3c(c2)CCC3)cc1. The first kappa shape index (κ1) is 18.5. The van der Waals surface area contributed by atoms with Gasteiger partial charge in [0, 0.05) is 0 Å². The van der Waals surface area contributed by atoms with E-state index in [1.807, 2.05) is 38.1 Å². The Bertz CT molecular complexity index is 751. The highest BCUT2D eigenvalue weighted by Crippen LogP contribution is 2.25. The molecule has 0 aromatic heterocycles. The highest BCUT2D eigenvalue weighted by atomic mass is 16.5. The minimum atomic E-state index is -0.473. The number of amides is 1. The molecule has 26 heavy (non-hydrogen) atoms. The summed E-state index contributed by atoms with van der Waals surface area (Å²) in [5, 5.41) is 3.12. The maximum Gasteiger partial charge on any atom is 0.261 e. The Morgan fingerprint density at radius 3 is 2.50 bits per heavy atom. The highest BCUT2D eigenvalue weighted by Gasteiger charge is 2.21. The van der Waals surface area contributed by atoms with Gasteiger partial charge in [0.05, 0.1) is 6.04 Å². The Hall–Kier alpha value is -2.29. The molecular weight excluding hydrogens is 322 g/mol. The van der Waals surface area contributed by atoms with Crippen LogP contribution in [0.25, 0.3) is 0 Å². The van der Waals surface area contributed by atoms with Crippen molar-refractivity contribution < 1.29 is 9.53 Å². The molecule has 2 aromatic carbocycles. The summed E-state index contributed by atoms with van der Waals surface area (Å²) in [6.07, 6.45) is 4.73. The average molecular weight is 351 g/mol. The van der Waals surface area contributed by atoms with Crippen LogP contribution in [0.15, 0.2) is 42.5 Å². The minimum Gasteiger partial charge on any atom is -0.481 e. The van der Waals surface area contributed by atoms with Crippen LogP contribution in [0.1, 0.15) is 61.9 Å². The van der Waals surface area contributed by atoms with Crippen LogP contribution in [-0.4, -0.2) is 12.0 Å². The standard InChI is InChI=1S/C23H29NO2/c1-4-17-9-13-21(14-10-17)26-22(5-2)23(25)24-16(3)19-12-11-18-7-6-8-20(18)15-19/h9-16,22H,4-8H2,1-3H3,(H,24,25)/t16-,22+/m0/s1. The summed E-state index contributed by atoms with van der Waals surface area (Å²) < 4.78 is 5.92. The molecule has 0 fully saturated rings. The molecule has 138 valence electrons. The normalized spacial score (nSPS) is 15.2. The van der Waals surface area contributed by atoms with Crippen molar-refractivity contribution in [2.75, 3.05) is 0 Å². The van der Waals surface area contributed by atoms with Crippen LogP contribution in [-0.2, 0) is 24.1 Å². The van der Waals surface area contributed by atoms with Crippen LogP contribution in [0.5, 0.6) is 5.75 Å². The van der Waals surface area contributed by atoms with Crippen molar-refractivity contribution in [1.29, 1.82) is 0 Å². The smallest absolute Gasteiger partial charge is 0.261 e. The highest BCUT2D eigenvalue weighted by molar-refractivity contribution is 5.81. The third-order valence-electron chi connectivity index (χ3n) is 5.25. The number of nitrogens with one attached hydrogen (secondary N) is 1. The molecule has 1 aliphatic carbocycles. The largest absolute Gasteiger partial charge is 0.481 e. The van der Waals surface area contributed by atoms with Gasteiger partial charge in [0.15, 0.2) is 6.10 Å². The van der Waals surface area contributed by atoms with Crippen molar-refractivity contribution in [2.24, 2.45) is 0 Å². The molecule has 0 heterocycles. The zero-order valence-electron chi connectivity index (χ0n) is 16.0. The van der Waals surface area contributed by atoms with Gasteiger partial charge < -0.3 is 10.1 Å². The number of benzene rings is 2. The van der Waals surface area contributed by atoms with E-state index in [-0.39, 0.29) is 11.9 Å². The number of hydrogen-bond acceptors (Lipinski definition) is 2. The van der Waals surface area contributed by atoms with Gasteiger partial charge in [0.2, 0.25) is 0 Å². The monoisotopic (exact) mass is 351 g/mol. The van der Waals surface area contributed by atoms with E-state index >= 15 is 0 Å². The predicted octanol–water partition coefficient (Wildman–Crippen LogP) is 4.77. The average Bonchev–Trinajstić information content (AvgIpc) is 3.14. The van der Waals surface area contributed by atoms with Crippen molar-refractivity contribution in [1.82, 2.24) is 5.32 Å². The summed E-state index contributed by atoms with van der Waals surface area (Å²) in [7, 11) is 0. The van der Waals surface area contributed by atoms with E-state index in [0.29, 0.717) is 6.42 Å². The van der Waals surface area contributed by atoms with Gasteiger partial charge in [-0.3, -0.25) is 4.79 Å². The molecule has 1 amide bonds. The zero-order chi connectivity index (χ0) is 18.5. The van der Waals surface area contributed by atoms with Crippen molar-refractivity contribution >= 4 is 5.91 Å². The second kappa shape index (κ2) is 8.39. The Labute approximate surface area is 156 Å². The van der Waals surface area contributed by atoms with Gasteiger partial charge in [-0.15, -0.1) is 0 Å². The summed E-state index contributed by atoms with van der Waals surface area (Å²) in [6.45, 7) is 6.14. The number of ether oxygens (including phenoxy) is 1. The summed E-state index contributed by atoms with van der Waals surface area (Å²) in [5.41, 5.74) is 5.32.